The molecule has 0 spiro atoms. The van der Waals surface area contributed by atoms with Crippen LogP contribution in [0.15, 0.2) is 0 Å². The van der Waals surface area contributed by atoms with E-state index in [1.165, 1.54) is 0 Å². The monoisotopic (exact) mass is 298 g/mol. The Labute approximate surface area is 129 Å². The van der Waals surface area contributed by atoms with Crippen LogP contribution in [0.25, 0.3) is 0 Å². The molecular weight excluding hydrogens is 297 g/mol. The van der Waals surface area contributed by atoms with Gasteiger partial charge in [0.2, 0.25) is 0 Å². The molecule has 0 aliphatic heterocycles. The molecule has 9 nitrogen and oxygen atoms in total. The van der Waals surface area contributed by atoms with Crippen LogP contribution < -0.4 is 8.32 Å². The topological polar surface area (TPSA) is 161 Å². The molecule has 0 aliphatic rings. The molecule has 72 valence electrons. The van der Waals surface area contributed by atoms with E-state index < -0.39 is 56.9 Å². The fourth-order valence-corrected chi connectivity index (χ4v) is 0.447. The Bertz CT molecular complexity index is 214. The van der Waals surface area contributed by atoms with E-state index in [2.05, 4.69) is 3.23 Å². The van der Waals surface area contributed by atoms with Crippen LogP contribution in [0.3, 0.4) is 0 Å². The Morgan fingerprint density at radius 3 is 1.29 bits per heavy atom. The Hall–Kier alpha value is 1.57. The van der Waals surface area contributed by atoms with Crippen LogP contribution in [0.1, 0.15) is 0 Å². The third-order valence-corrected chi connectivity index (χ3v) is 1.45. The van der Waals surface area contributed by atoms with Gasteiger partial charge >= 0.3 is 131 Å². The molecule has 0 aliphatic carbocycles. The van der Waals surface area contributed by atoms with Crippen LogP contribution in [-0.2, 0) is 25.0 Å². The van der Waals surface area contributed by atoms with Gasteiger partial charge in [0, 0.05) is 0 Å². The number of rotatable bonds is 2. The zero-order chi connectivity index (χ0) is 11.3. The second-order valence-corrected chi connectivity index (χ2v) is 3.02. The average molecular weight is 298 g/mol. The van der Waals surface area contributed by atoms with Crippen LogP contribution in [0.5, 0.6) is 0 Å². The predicted molar refractivity (Wildman–Crippen MR) is 37.7 cm³/mol. The van der Waals surface area contributed by atoms with Gasteiger partial charge in [0.1, 0.15) is 0 Å². The Morgan fingerprint density at radius 1 is 1.07 bits per heavy atom. The van der Waals surface area contributed by atoms with E-state index in [-0.39, 0.29) is 37.7 Å². The molecule has 0 aromatic carbocycles. The van der Waals surface area contributed by atoms with E-state index in [1.54, 1.807) is 0 Å². The van der Waals surface area contributed by atoms with Gasteiger partial charge < -0.3 is 0 Å². The second kappa shape index (κ2) is 20.0. The molecular formula is HAl3CaO9S. The van der Waals surface area contributed by atoms with Crippen molar-refractivity contribution in [2.75, 3.05) is 0 Å². The average Bonchev–Trinajstić information content (AvgIpc) is 1.87. The molecule has 0 heterocycles. The zero-order valence-electron chi connectivity index (χ0n) is 6.56. The molecule has 0 atom stereocenters. The molecule has 0 bridgehead atoms. The Morgan fingerprint density at radius 2 is 1.29 bits per heavy atom. The van der Waals surface area contributed by atoms with Gasteiger partial charge in [0.25, 0.3) is 0 Å². The van der Waals surface area contributed by atoms with Gasteiger partial charge in [-0.3, -0.25) is 0 Å². The standard InChI is InChI=1S/3Al.Ca.H2O4S.5O/c;;;;1-5(2,3)4;;;;;/h;;;;(H2,1,2,3,4);;;;;/q;;+1;+2;;;;;2*-1/p-1. The third kappa shape index (κ3) is 69.1. The van der Waals surface area contributed by atoms with Gasteiger partial charge in [0.05, 0.1) is 0 Å². The molecule has 0 aromatic rings. The van der Waals surface area contributed by atoms with Crippen LogP contribution in [0.4, 0.5) is 0 Å². The molecule has 0 unspecified atom stereocenters. The first kappa shape index (κ1) is 24.7. The summed E-state index contributed by atoms with van der Waals surface area (Å²) in [7, 11) is -4.45. The summed E-state index contributed by atoms with van der Waals surface area (Å²) in [6.07, 6.45) is 0. The molecule has 14 heavy (non-hydrogen) atoms. The van der Waals surface area contributed by atoms with Crippen molar-refractivity contribution >= 4 is 94.6 Å². The summed E-state index contributed by atoms with van der Waals surface area (Å²) in [5, 5.41) is 0. The maximum atomic E-state index is 9.39. The minimum atomic E-state index is -4.45. The summed E-state index contributed by atoms with van der Waals surface area (Å²) in [5.74, 6) is 0. The molecule has 0 saturated heterocycles. The van der Waals surface area contributed by atoms with Gasteiger partial charge in [-0.2, -0.15) is 0 Å². The fourth-order valence-electron chi connectivity index (χ4n) is 0.0496. The van der Waals surface area contributed by atoms with Crippen LogP contribution in [0.2, 0.25) is 0 Å². The van der Waals surface area contributed by atoms with Crippen molar-refractivity contribution < 1.29 is 35.9 Å². The Kier molecular flexibility index (Phi) is 35.3. The third-order valence-electron chi connectivity index (χ3n) is 0.161. The van der Waals surface area contributed by atoms with Gasteiger partial charge in [0.15, 0.2) is 0 Å². The van der Waals surface area contributed by atoms with Crippen molar-refractivity contribution in [2.45, 2.75) is 0 Å². The van der Waals surface area contributed by atoms with Crippen molar-refractivity contribution in [3.63, 3.8) is 0 Å². The first-order chi connectivity index (χ1) is 5.89. The van der Waals surface area contributed by atoms with Crippen molar-refractivity contribution in [1.29, 1.82) is 0 Å². The molecule has 0 saturated carbocycles. The second-order valence-electron chi connectivity index (χ2n) is 0.813. The van der Waals surface area contributed by atoms with Crippen LogP contribution >= 0.6 is 0 Å². The van der Waals surface area contributed by atoms with Crippen molar-refractivity contribution in [3.05, 3.63) is 0 Å². The van der Waals surface area contributed by atoms with E-state index in [4.69, 9.17) is 20.5 Å². The zero-order valence-corrected chi connectivity index (χ0v) is 13.0. The van der Waals surface area contributed by atoms with Gasteiger partial charge in [-0.05, 0) is 0 Å². The number of hydrogen-bond acceptors (Lipinski definition) is 8. The van der Waals surface area contributed by atoms with Crippen LogP contribution in [0, 0.1) is 0 Å². The first-order valence-electron chi connectivity index (χ1n) is 2.10. The SMILES string of the molecule is [Ca+2].[O]=[Al][O-].[O]=[Al][O-].[O]=[Al][O]S(=O)(=O)O. The Balaban J connectivity index is -0.0000000610. The summed E-state index contributed by atoms with van der Waals surface area (Å²) < 4.78 is 72.7. The van der Waals surface area contributed by atoms with E-state index in [1.807, 2.05) is 0 Å². The van der Waals surface area contributed by atoms with E-state index in [0.29, 0.717) is 0 Å². The van der Waals surface area contributed by atoms with Gasteiger partial charge in [-0.1, -0.05) is 0 Å². The van der Waals surface area contributed by atoms with Crippen molar-refractivity contribution in [3.8, 4) is 0 Å². The maximum absolute atomic E-state index is 9.39. The summed E-state index contributed by atoms with van der Waals surface area (Å²) in [4.78, 5) is 0. The summed E-state index contributed by atoms with van der Waals surface area (Å²) in [6, 6.07) is 0. The molecule has 0 radical (unpaired) electrons. The molecule has 0 amide bonds. The molecule has 14 heteroatoms. The number of hydrogen-bond donors (Lipinski definition) is 1. The summed E-state index contributed by atoms with van der Waals surface area (Å²) in [6.45, 7) is 0. The molecule has 0 rings (SSSR count). The summed E-state index contributed by atoms with van der Waals surface area (Å²) in [5.41, 5.74) is 0. The van der Waals surface area contributed by atoms with E-state index >= 15 is 0 Å². The normalized spacial score (nSPS) is 6.07. The molecule has 1 N–H and O–H groups in total. The van der Waals surface area contributed by atoms with Gasteiger partial charge in [-0.15, -0.1) is 0 Å². The quantitative estimate of drug-likeness (QED) is 0.388. The summed E-state index contributed by atoms with van der Waals surface area (Å²) >= 11 is -5.38. The first-order valence-corrected chi connectivity index (χ1v) is 6.29. The fraction of sp³-hybridized carbons (Fsp3) is 0. The van der Waals surface area contributed by atoms with E-state index in [9.17, 15) is 12.2 Å². The van der Waals surface area contributed by atoms with Crippen LogP contribution in [-0.4, -0.2) is 97.2 Å². The van der Waals surface area contributed by atoms with E-state index in [0.717, 1.165) is 0 Å². The molecule has 0 aromatic heterocycles. The van der Waals surface area contributed by atoms with Crippen molar-refractivity contribution in [2.24, 2.45) is 0 Å². The predicted octanol–water partition coefficient (Wildman–Crippen LogP) is -4.99. The minimum absolute atomic E-state index is 0. The van der Waals surface area contributed by atoms with Crippen molar-refractivity contribution in [1.82, 2.24) is 0 Å². The molecule has 0 fully saturated rings. The van der Waals surface area contributed by atoms with Gasteiger partial charge in [-0.25, -0.2) is 0 Å².